The molecular formula is C20H24ClN5O3. The number of nitrogens with zero attached hydrogens (tertiary/aromatic N) is 3. The van der Waals surface area contributed by atoms with Gasteiger partial charge in [0, 0.05) is 30.2 Å². The van der Waals surface area contributed by atoms with E-state index in [4.69, 9.17) is 16.3 Å². The van der Waals surface area contributed by atoms with Gasteiger partial charge in [0.25, 0.3) is 5.91 Å². The lowest BCUT2D eigenvalue weighted by molar-refractivity contribution is 0.0791. The molecule has 0 saturated carbocycles. The topological polar surface area (TPSA) is 96.5 Å². The molecule has 1 aromatic carbocycles. The lowest BCUT2D eigenvalue weighted by atomic mass is 10.1. The average Bonchev–Trinajstić information content (AvgIpc) is 3.10. The molecule has 2 heterocycles. The number of anilines is 1. The highest BCUT2D eigenvalue weighted by molar-refractivity contribution is 6.30. The van der Waals surface area contributed by atoms with E-state index in [-0.39, 0.29) is 17.5 Å². The lowest BCUT2D eigenvalue weighted by Gasteiger charge is -2.20. The maximum Gasteiger partial charge on any atom is 0.413 e. The minimum Gasteiger partial charge on any atom is -0.410 e. The van der Waals surface area contributed by atoms with Crippen LogP contribution in [0.25, 0.3) is 0 Å². The minimum absolute atomic E-state index is 0.0722. The van der Waals surface area contributed by atoms with Gasteiger partial charge in [0.1, 0.15) is 5.75 Å². The molecule has 2 amide bonds. The first kappa shape index (κ1) is 20.9. The van der Waals surface area contributed by atoms with E-state index >= 15 is 0 Å². The number of carbonyl (C=O) groups excluding carboxylic acids is 2. The number of amides is 2. The van der Waals surface area contributed by atoms with Crippen LogP contribution in [0, 0.1) is 0 Å². The molecule has 1 saturated heterocycles. The third-order valence-electron chi connectivity index (χ3n) is 4.22. The average molecular weight is 418 g/mol. The van der Waals surface area contributed by atoms with E-state index in [0.29, 0.717) is 35.4 Å². The zero-order valence-electron chi connectivity index (χ0n) is 16.6. The van der Waals surface area contributed by atoms with Crippen LogP contribution in [0.5, 0.6) is 5.75 Å². The molecule has 1 aromatic heterocycles. The molecule has 1 fully saturated rings. The Bertz CT molecular complexity index is 865. The fourth-order valence-electron chi connectivity index (χ4n) is 2.92. The zero-order chi connectivity index (χ0) is 21.0. The van der Waals surface area contributed by atoms with Crippen LogP contribution in [-0.2, 0) is 0 Å². The molecule has 0 unspecified atom stereocenters. The third kappa shape index (κ3) is 6.05. The molecule has 1 aliphatic heterocycles. The van der Waals surface area contributed by atoms with E-state index in [2.05, 4.69) is 20.6 Å². The maximum absolute atomic E-state index is 12.7. The summed E-state index contributed by atoms with van der Waals surface area (Å²) < 4.78 is 5.23. The highest BCUT2D eigenvalue weighted by Crippen LogP contribution is 2.19. The van der Waals surface area contributed by atoms with Gasteiger partial charge in [-0.15, -0.1) is 0 Å². The predicted octanol–water partition coefficient (Wildman–Crippen LogP) is 3.34. The number of likely N-dealkylation sites (tertiary alicyclic amines) is 1. The highest BCUT2D eigenvalue weighted by Gasteiger charge is 2.27. The van der Waals surface area contributed by atoms with E-state index in [1.807, 2.05) is 20.8 Å². The molecule has 3 rings (SSSR count). The minimum atomic E-state index is -0.533. The van der Waals surface area contributed by atoms with Crippen LogP contribution in [0.4, 0.5) is 10.7 Å². The number of benzene rings is 1. The van der Waals surface area contributed by atoms with Gasteiger partial charge in [0.2, 0.25) is 5.95 Å². The molecule has 29 heavy (non-hydrogen) atoms. The van der Waals surface area contributed by atoms with E-state index in [0.717, 1.165) is 6.42 Å². The summed E-state index contributed by atoms with van der Waals surface area (Å²) in [7, 11) is 0. The van der Waals surface area contributed by atoms with Crippen LogP contribution in [0.2, 0.25) is 5.02 Å². The summed E-state index contributed by atoms with van der Waals surface area (Å²) >= 11 is 5.79. The van der Waals surface area contributed by atoms with Gasteiger partial charge in [0.05, 0.1) is 17.4 Å². The second-order valence-electron chi connectivity index (χ2n) is 7.89. The summed E-state index contributed by atoms with van der Waals surface area (Å²) in [5.74, 6) is 0.796. The van der Waals surface area contributed by atoms with Crippen LogP contribution in [0.1, 0.15) is 37.6 Å². The van der Waals surface area contributed by atoms with Gasteiger partial charge in [-0.1, -0.05) is 11.6 Å². The second-order valence-corrected chi connectivity index (χ2v) is 8.33. The van der Waals surface area contributed by atoms with Gasteiger partial charge in [-0.3, -0.25) is 4.79 Å². The Balaban J connectivity index is 1.54. The summed E-state index contributed by atoms with van der Waals surface area (Å²) in [5, 5.41) is 6.41. The smallest absolute Gasteiger partial charge is 0.410 e. The monoisotopic (exact) mass is 417 g/mol. The van der Waals surface area contributed by atoms with Gasteiger partial charge in [-0.2, -0.15) is 0 Å². The molecule has 9 heteroatoms. The normalized spacial score (nSPS) is 16.4. The van der Waals surface area contributed by atoms with E-state index in [1.165, 1.54) is 12.4 Å². The second kappa shape index (κ2) is 8.65. The van der Waals surface area contributed by atoms with Crippen molar-refractivity contribution in [2.75, 3.05) is 18.4 Å². The molecule has 2 N–H and O–H groups in total. The van der Waals surface area contributed by atoms with Crippen molar-refractivity contribution in [1.82, 2.24) is 20.2 Å². The predicted molar refractivity (Wildman–Crippen MR) is 110 cm³/mol. The number of ether oxygens (including phenoxy) is 1. The van der Waals surface area contributed by atoms with E-state index in [9.17, 15) is 9.59 Å². The molecule has 0 spiro atoms. The summed E-state index contributed by atoms with van der Waals surface area (Å²) in [5.41, 5.74) is 0.154. The van der Waals surface area contributed by atoms with Crippen LogP contribution >= 0.6 is 11.6 Å². The van der Waals surface area contributed by atoms with Gasteiger partial charge in [0.15, 0.2) is 0 Å². The third-order valence-corrected chi connectivity index (χ3v) is 4.41. The first-order chi connectivity index (χ1) is 13.7. The maximum atomic E-state index is 12.7. The molecule has 8 nitrogen and oxygen atoms in total. The zero-order valence-corrected chi connectivity index (χ0v) is 17.4. The summed E-state index contributed by atoms with van der Waals surface area (Å²) in [6.45, 7) is 6.79. The molecule has 1 atom stereocenters. The molecular weight excluding hydrogens is 394 g/mol. The van der Waals surface area contributed by atoms with Crippen molar-refractivity contribution >= 4 is 29.5 Å². The van der Waals surface area contributed by atoms with Crippen molar-refractivity contribution in [1.29, 1.82) is 0 Å². The van der Waals surface area contributed by atoms with Crippen LogP contribution in [0.3, 0.4) is 0 Å². The van der Waals surface area contributed by atoms with Crippen molar-refractivity contribution < 1.29 is 14.3 Å². The van der Waals surface area contributed by atoms with Gasteiger partial charge in [-0.25, -0.2) is 14.8 Å². The Morgan fingerprint density at radius 1 is 1.17 bits per heavy atom. The first-order valence-corrected chi connectivity index (χ1v) is 9.71. The summed E-state index contributed by atoms with van der Waals surface area (Å²) in [6, 6.07) is 6.62. The fraction of sp³-hybridized carbons (Fsp3) is 0.400. The molecule has 2 aromatic rings. The lowest BCUT2D eigenvalue weighted by Crippen LogP contribution is -2.42. The Morgan fingerprint density at radius 3 is 2.45 bits per heavy atom. The van der Waals surface area contributed by atoms with Gasteiger partial charge in [-0.05, 0) is 51.5 Å². The van der Waals surface area contributed by atoms with Gasteiger partial charge >= 0.3 is 6.09 Å². The molecule has 154 valence electrons. The first-order valence-electron chi connectivity index (χ1n) is 9.33. The number of halogens is 1. The van der Waals surface area contributed by atoms with Crippen molar-refractivity contribution in [3.63, 3.8) is 0 Å². The van der Waals surface area contributed by atoms with Crippen LogP contribution in [0.15, 0.2) is 36.7 Å². The van der Waals surface area contributed by atoms with Crippen molar-refractivity contribution in [3.8, 4) is 5.75 Å². The van der Waals surface area contributed by atoms with Crippen LogP contribution < -0.4 is 15.4 Å². The number of carbonyl (C=O) groups is 2. The molecule has 1 aliphatic rings. The Morgan fingerprint density at radius 2 is 1.83 bits per heavy atom. The Kier molecular flexibility index (Phi) is 6.22. The summed E-state index contributed by atoms with van der Waals surface area (Å²) in [4.78, 5) is 34.6. The number of rotatable bonds is 4. The fourth-order valence-corrected chi connectivity index (χ4v) is 3.02. The number of hydrogen-bond acceptors (Lipinski definition) is 6. The quantitative estimate of drug-likeness (QED) is 0.791. The molecule has 0 bridgehead atoms. The molecule has 0 aliphatic carbocycles. The van der Waals surface area contributed by atoms with Crippen molar-refractivity contribution in [2.45, 2.75) is 38.8 Å². The standard InChI is InChI=1S/C20H24ClN5O3/c1-20(2,3)25-19(28)29-16-6-4-13(5-7-16)17(27)26-9-8-15(12-26)24-18-22-10-14(21)11-23-18/h4-7,10-11,15H,8-9,12H2,1-3H3,(H,25,28)(H,22,23,24)/t15-/m1/s1. The SMILES string of the molecule is CC(C)(C)NC(=O)Oc1ccc(C(=O)N2CC[C@@H](Nc3ncc(Cl)cn3)C2)cc1. The van der Waals surface area contributed by atoms with E-state index in [1.54, 1.807) is 29.2 Å². The number of aromatic nitrogens is 2. The summed E-state index contributed by atoms with van der Waals surface area (Å²) in [6.07, 6.45) is 3.32. The highest BCUT2D eigenvalue weighted by atomic mass is 35.5. The number of hydrogen-bond donors (Lipinski definition) is 2. The largest absolute Gasteiger partial charge is 0.413 e. The van der Waals surface area contributed by atoms with Gasteiger partial charge < -0.3 is 20.3 Å². The van der Waals surface area contributed by atoms with Crippen molar-refractivity contribution in [3.05, 3.63) is 47.2 Å². The Hall–Kier alpha value is -2.87. The molecule has 0 radical (unpaired) electrons. The number of nitrogens with one attached hydrogen (secondary N) is 2. The van der Waals surface area contributed by atoms with Crippen LogP contribution in [-0.4, -0.2) is 51.5 Å². The Labute approximate surface area is 174 Å². The van der Waals surface area contributed by atoms with Crippen molar-refractivity contribution in [2.24, 2.45) is 0 Å². The van der Waals surface area contributed by atoms with E-state index < -0.39 is 6.09 Å².